The maximum absolute atomic E-state index is 3.53. The van der Waals surface area contributed by atoms with Crippen LogP contribution in [-0.4, -0.2) is 17.5 Å². The molecular formula is C13H20BrNS. The lowest BCUT2D eigenvalue weighted by molar-refractivity contribution is 0.0739. The Morgan fingerprint density at radius 3 is 2.81 bits per heavy atom. The lowest BCUT2D eigenvalue weighted by Gasteiger charge is -2.40. The van der Waals surface area contributed by atoms with E-state index < -0.39 is 0 Å². The Morgan fingerprint density at radius 1 is 1.44 bits per heavy atom. The van der Waals surface area contributed by atoms with E-state index in [1.165, 1.54) is 22.3 Å². The van der Waals surface area contributed by atoms with Gasteiger partial charge in [0.2, 0.25) is 0 Å². The van der Waals surface area contributed by atoms with Gasteiger partial charge in [-0.05, 0) is 47.2 Å². The fourth-order valence-electron chi connectivity index (χ4n) is 2.68. The lowest BCUT2D eigenvalue weighted by atomic mass is 9.86. The number of thiophene rings is 1. The second kappa shape index (κ2) is 5.19. The van der Waals surface area contributed by atoms with Crippen molar-refractivity contribution in [1.29, 1.82) is 0 Å². The molecule has 1 aromatic rings. The molecule has 3 heteroatoms. The van der Waals surface area contributed by atoms with Crippen LogP contribution in [0.25, 0.3) is 0 Å². The largest absolute Gasteiger partial charge is 0.295 e. The van der Waals surface area contributed by atoms with Gasteiger partial charge in [0.15, 0.2) is 0 Å². The Morgan fingerprint density at radius 2 is 2.19 bits per heavy atom. The number of hydrogen-bond donors (Lipinski definition) is 0. The van der Waals surface area contributed by atoms with Crippen LogP contribution in [0.15, 0.2) is 15.9 Å². The number of likely N-dealkylation sites (tertiary alicyclic amines) is 1. The normalized spacial score (nSPS) is 31.9. The van der Waals surface area contributed by atoms with Crippen LogP contribution in [0.2, 0.25) is 0 Å². The molecule has 2 heterocycles. The van der Waals surface area contributed by atoms with E-state index in [9.17, 15) is 0 Å². The molecule has 16 heavy (non-hydrogen) atoms. The van der Waals surface area contributed by atoms with Gasteiger partial charge in [-0.2, -0.15) is 0 Å². The molecule has 0 N–H and O–H groups in total. The summed E-state index contributed by atoms with van der Waals surface area (Å²) in [6.45, 7) is 9.50. The summed E-state index contributed by atoms with van der Waals surface area (Å²) >= 11 is 5.39. The molecule has 0 saturated carbocycles. The van der Waals surface area contributed by atoms with Crippen molar-refractivity contribution in [3.63, 3.8) is 0 Å². The van der Waals surface area contributed by atoms with Gasteiger partial charge < -0.3 is 0 Å². The zero-order valence-electron chi connectivity index (χ0n) is 10.2. The van der Waals surface area contributed by atoms with Gasteiger partial charge in [0.1, 0.15) is 0 Å². The predicted octanol–water partition coefficient (Wildman–Crippen LogP) is 4.38. The van der Waals surface area contributed by atoms with E-state index in [0.717, 1.165) is 24.4 Å². The molecule has 1 fully saturated rings. The molecule has 1 aliphatic heterocycles. The van der Waals surface area contributed by atoms with Crippen molar-refractivity contribution in [2.75, 3.05) is 6.54 Å². The number of piperidine rings is 1. The molecule has 0 aromatic carbocycles. The van der Waals surface area contributed by atoms with Crippen molar-refractivity contribution in [3.05, 3.63) is 20.8 Å². The molecule has 3 atom stereocenters. The zero-order valence-corrected chi connectivity index (χ0v) is 12.6. The van der Waals surface area contributed by atoms with Crippen LogP contribution in [0.1, 0.15) is 32.1 Å². The molecular weight excluding hydrogens is 282 g/mol. The minimum atomic E-state index is 0.720. The van der Waals surface area contributed by atoms with Gasteiger partial charge in [-0.15, -0.1) is 11.3 Å². The van der Waals surface area contributed by atoms with E-state index in [4.69, 9.17) is 0 Å². The van der Waals surface area contributed by atoms with Crippen LogP contribution in [-0.2, 0) is 6.54 Å². The maximum atomic E-state index is 3.53. The molecule has 2 rings (SSSR count). The van der Waals surface area contributed by atoms with Crippen molar-refractivity contribution >= 4 is 27.3 Å². The number of halogens is 1. The minimum Gasteiger partial charge on any atom is -0.295 e. The standard InChI is InChI=1S/C13H20BrNS/c1-9-4-10(2)11(3)15(6-9)7-13-5-12(14)8-16-13/h5,8-11H,4,6-7H2,1-3H3. The smallest absolute Gasteiger partial charge is 0.0331 e. The summed E-state index contributed by atoms with van der Waals surface area (Å²) in [5.74, 6) is 1.67. The fourth-order valence-corrected chi connectivity index (χ4v) is 4.15. The molecule has 0 bridgehead atoms. The average Bonchev–Trinajstić information content (AvgIpc) is 2.60. The summed E-state index contributed by atoms with van der Waals surface area (Å²) in [6, 6.07) is 2.97. The van der Waals surface area contributed by atoms with Crippen molar-refractivity contribution in [2.24, 2.45) is 11.8 Å². The van der Waals surface area contributed by atoms with E-state index in [2.05, 4.69) is 53.0 Å². The highest BCUT2D eigenvalue weighted by Gasteiger charge is 2.28. The van der Waals surface area contributed by atoms with Gasteiger partial charge in [-0.3, -0.25) is 4.90 Å². The topological polar surface area (TPSA) is 3.24 Å². The van der Waals surface area contributed by atoms with Crippen LogP contribution >= 0.6 is 27.3 Å². The first kappa shape index (κ1) is 12.6. The van der Waals surface area contributed by atoms with Crippen molar-refractivity contribution in [3.8, 4) is 0 Å². The lowest BCUT2D eigenvalue weighted by Crippen LogP contribution is -2.44. The molecule has 0 spiro atoms. The number of rotatable bonds is 2. The Labute approximate surface area is 111 Å². The first-order valence-corrected chi connectivity index (χ1v) is 7.70. The molecule has 0 aliphatic carbocycles. The summed E-state index contributed by atoms with van der Waals surface area (Å²) in [7, 11) is 0. The summed E-state index contributed by atoms with van der Waals surface area (Å²) in [5.41, 5.74) is 0. The third-order valence-electron chi connectivity index (χ3n) is 3.70. The van der Waals surface area contributed by atoms with E-state index in [1.54, 1.807) is 0 Å². The SMILES string of the molecule is CC1CC(C)C(C)N(Cc2cc(Br)cs2)C1. The fraction of sp³-hybridized carbons (Fsp3) is 0.692. The first-order chi connectivity index (χ1) is 7.56. The highest BCUT2D eigenvalue weighted by Crippen LogP contribution is 2.30. The van der Waals surface area contributed by atoms with Crippen LogP contribution in [0, 0.1) is 11.8 Å². The Bertz CT molecular complexity index is 349. The summed E-state index contributed by atoms with van der Waals surface area (Å²) in [5, 5.41) is 2.18. The van der Waals surface area contributed by atoms with E-state index >= 15 is 0 Å². The van der Waals surface area contributed by atoms with Gasteiger partial charge in [-0.1, -0.05) is 13.8 Å². The second-order valence-electron chi connectivity index (χ2n) is 5.22. The summed E-state index contributed by atoms with van der Waals surface area (Å²) < 4.78 is 1.22. The van der Waals surface area contributed by atoms with E-state index in [1.807, 2.05) is 11.3 Å². The minimum absolute atomic E-state index is 0.720. The highest BCUT2D eigenvalue weighted by molar-refractivity contribution is 9.10. The van der Waals surface area contributed by atoms with Gasteiger partial charge in [0, 0.05) is 33.9 Å². The van der Waals surface area contributed by atoms with Crippen LogP contribution in [0.3, 0.4) is 0 Å². The molecule has 0 amide bonds. The van der Waals surface area contributed by atoms with Gasteiger partial charge in [0.05, 0.1) is 0 Å². The average molecular weight is 302 g/mol. The van der Waals surface area contributed by atoms with Gasteiger partial charge in [0.25, 0.3) is 0 Å². The Hall–Kier alpha value is 0.140. The summed E-state index contributed by atoms with van der Waals surface area (Å²) in [6.07, 6.45) is 1.38. The molecule has 3 unspecified atom stereocenters. The first-order valence-electron chi connectivity index (χ1n) is 6.03. The molecule has 0 radical (unpaired) electrons. The van der Waals surface area contributed by atoms with E-state index in [-0.39, 0.29) is 0 Å². The Balaban J connectivity index is 2.02. The van der Waals surface area contributed by atoms with E-state index in [0.29, 0.717) is 0 Å². The molecule has 1 saturated heterocycles. The third kappa shape index (κ3) is 2.88. The van der Waals surface area contributed by atoms with Crippen LogP contribution < -0.4 is 0 Å². The predicted molar refractivity (Wildman–Crippen MR) is 74.8 cm³/mol. The van der Waals surface area contributed by atoms with Gasteiger partial charge >= 0.3 is 0 Å². The van der Waals surface area contributed by atoms with Crippen LogP contribution in [0.5, 0.6) is 0 Å². The van der Waals surface area contributed by atoms with Gasteiger partial charge in [-0.25, -0.2) is 0 Å². The van der Waals surface area contributed by atoms with Crippen molar-refractivity contribution in [2.45, 2.75) is 39.8 Å². The monoisotopic (exact) mass is 301 g/mol. The molecule has 1 aliphatic rings. The zero-order chi connectivity index (χ0) is 11.7. The maximum Gasteiger partial charge on any atom is 0.0331 e. The molecule has 90 valence electrons. The third-order valence-corrected chi connectivity index (χ3v) is 5.38. The Kier molecular flexibility index (Phi) is 4.09. The summed E-state index contributed by atoms with van der Waals surface area (Å²) in [4.78, 5) is 4.11. The van der Waals surface area contributed by atoms with Crippen molar-refractivity contribution in [1.82, 2.24) is 4.90 Å². The van der Waals surface area contributed by atoms with Crippen molar-refractivity contribution < 1.29 is 0 Å². The second-order valence-corrected chi connectivity index (χ2v) is 7.13. The number of hydrogen-bond acceptors (Lipinski definition) is 2. The van der Waals surface area contributed by atoms with Crippen LogP contribution in [0.4, 0.5) is 0 Å². The molecule has 1 aromatic heterocycles. The number of nitrogens with zero attached hydrogens (tertiary/aromatic N) is 1. The molecule has 1 nitrogen and oxygen atoms in total. The highest BCUT2D eigenvalue weighted by atomic mass is 79.9. The quantitative estimate of drug-likeness (QED) is 0.784.